The second-order valence-electron chi connectivity index (χ2n) is 6.63. The molecule has 3 rings (SSSR count). The van der Waals surface area contributed by atoms with Crippen LogP contribution in [0.25, 0.3) is 0 Å². The van der Waals surface area contributed by atoms with E-state index in [1.54, 1.807) is 17.0 Å². The predicted octanol–water partition coefficient (Wildman–Crippen LogP) is 2.87. The Morgan fingerprint density at radius 1 is 1.11 bits per heavy atom. The van der Waals surface area contributed by atoms with E-state index in [0.29, 0.717) is 17.9 Å². The topological polar surface area (TPSA) is 87.8 Å². The molecule has 140 valence electrons. The average molecular weight is 364 g/mol. The van der Waals surface area contributed by atoms with E-state index in [1.807, 2.05) is 37.3 Å². The molecule has 0 saturated heterocycles. The summed E-state index contributed by atoms with van der Waals surface area (Å²) in [5.41, 5.74) is 12.6. The van der Waals surface area contributed by atoms with E-state index in [9.17, 15) is 9.59 Å². The van der Waals surface area contributed by atoms with Crippen molar-refractivity contribution in [3.8, 4) is 0 Å². The Hall–Kier alpha value is -3.15. The minimum atomic E-state index is -0.275. The number of anilines is 2. The second kappa shape index (κ2) is 8.49. The number of nitrogens with one attached hydrogen (secondary N) is 1. The summed E-state index contributed by atoms with van der Waals surface area (Å²) in [7, 11) is 0. The maximum Gasteiger partial charge on any atom is 0.240 e. The highest BCUT2D eigenvalue weighted by Crippen LogP contribution is 2.27. The predicted molar refractivity (Wildman–Crippen MR) is 108 cm³/mol. The molecule has 0 aliphatic carbocycles. The van der Waals surface area contributed by atoms with Gasteiger partial charge in [-0.2, -0.15) is 5.10 Å². The lowest BCUT2D eigenvalue weighted by molar-refractivity contribution is -0.125. The molecule has 6 heteroatoms. The molecule has 1 aliphatic rings. The SMILES string of the molecule is CC(=NNC(=O)CCC(=O)N1CCCc2ccccc21)c1ccc(N)cc1. The molecule has 2 aromatic rings. The van der Waals surface area contributed by atoms with E-state index in [0.717, 1.165) is 24.1 Å². The molecule has 0 radical (unpaired) electrons. The number of rotatable bonds is 5. The molecule has 6 nitrogen and oxygen atoms in total. The zero-order chi connectivity index (χ0) is 19.2. The molecule has 1 heterocycles. The Bertz CT molecular complexity index is 859. The van der Waals surface area contributed by atoms with Crippen LogP contribution in [0.5, 0.6) is 0 Å². The van der Waals surface area contributed by atoms with Gasteiger partial charge in [-0.3, -0.25) is 9.59 Å². The summed E-state index contributed by atoms with van der Waals surface area (Å²) in [4.78, 5) is 26.4. The van der Waals surface area contributed by atoms with Crippen molar-refractivity contribution in [2.24, 2.45) is 5.10 Å². The van der Waals surface area contributed by atoms with Crippen LogP contribution in [0, 0.1) is 0 Å². The lowest BCUT2D eigenvalue weighted by atomic mass is 10.0. The monoisotopic (exact) mass is 364 g/mol. The zero-order valence-corrected chi connectivity index (χ0v) is 15.4. The van der Waals surface area contributed by atoms with Gasteiger partial charge in [-0.05, 0) is 49.1 Å². The highest BCUT2D eigenvalue weighted by atomic mass is 16.2. The Morgan fingerprint density at radius 2 is 1.85 bits per heavy atom. The summed E-state index contributed by atoms with van der Waals surface area (Å²) in [6.07, 6.45) is 2.20. The summed E-state index contributed by atoms with van der Waals surface area (Å²) in [6.45, 7) is 2.51. The number of fused-ring (bicyclic) bond motifs is 1. The Morgan fingerprint density at radius 3 is 2.63 bits per heavy atom. The molecule has 0 atom stereocenters. The highest BCUT2D eigenvalue weighted by Gasteiger charge is 2.22. The van der Waals surface area contributed by atoms with Gasteiger partial charge in [-0.15, -0.1) is 0 Å². The largest absolute Gasteiger partial charge is 0.399 e. The van der Waals surface area contributed by atoms with Gasteiger partial charge >= 0.3 is 0 Å². The number of carbonyl (C=O) groups is 2. The van der Waals surface area contributed by atoms with Crippen molar-refractivity contribution in [3.05, 3.63) is 59.7 Å². The number of hydrogen-bond acceptors (Lipinski definition) is 4. The third-order valence-corrected chi connectivity index (χ3v) is 4.65. The fourth-order valence-corrected chi connectivity index (χ4v) is 3.14. The first-order valence-electron chi connectivity index (χ1n) is 9.12. The van der Waals surface area contributed by atoms with Crippen molar-refractivity contribution in [1.82, 2.24) is 5.43 Å². The van der Waals surface area contributed by atoms with Crippen LogP contribution in [0.2, 0.25) is 0 Å². The van der Waals surface area contributed by atoms with Crippen LogP contribution < -0.4 is 16.1 Å². The van der Waals surface area contributed by atoms with Gasteiger partial charge in [0, 0.05) is 30.8 Å². The zero-order valence-electron chi connectivity index (χ0n) is 15.4. The van der Waals surface area contributed by atoms with Crippen LogP contribution >= 0.6 is 0 Å². The third kappa shape index (κ3) is 4.73. The number of benzene rings is 2. The number of nitrogens with zero attached hydrogens (tertiary/aromatic N) is 2. The Labute approximate surface area is 159 Å². The van der Waals surface area contributed by atoms with Crippen LogP contribution in [0.4, 0.5) is 11.4 Å². The van der Waals surface area contributed by atoms with Crippen LogP contribution in [0.1, 0.15) is 37.3 Å². The molecule has 0 fully saturated rings. The van der Waals surface area contributed by atoms with E-state index < -0.39 is 0 Å². The highest BCUT2D eigenvalue weighted by molar-refractivity contribution is 6.00. The van der Waals surface area contributed by atoms with Gasteiger partial charge in [-0.25, -0.2) is 5.43 Å². The number of hydrazone groups is 1. The number of aryl methyl sites for hydroxylation is 1. The van der Waals surface area contributed by atoms with Crippen LogP contribution in [0.15, 0.2) is 53.6 Å². The summed E-state index contributed by atoms with van der Waals surface area (Å²) in [5.74, 6) is -0.306. The van der Waals surface area contributed by atoms with Crippen molar-refractivity contribution in [1.29, 1.82) is 0 Å². The molecule has 0 spiro atoms. The van der Waals surface area contributed by atoms with E-state index >= 15 is 0 Å². The van der Waals surface area contributed by atoms with Gasteiger partial charge in [0.15, 0.2) is 0 Å². The Kier molecular flexibility index (Phi) is 5.86. The molecule has 0 bridgehead atoms. The van der Waals surface area contributed by atoms with Gasteiger partial charge in [0.2, 0.25) is 11.8 Å². The molecule has 3 N–H and O–H groups in total. The fourth-order valence-electron chi connectivity index (χ4n) is 3.14. The maximum atomic E-state index is 12.6. The molecular weight excluding hydrogens is 340 g/mol. The summed E-state index contributed by atoms with van der Waals surface area (Å²) < 4.78 is 0. The van der Waals surface area contributed by atoms with Gasteiger partial charge in [0.1, 0.15) is 0 Å². The summed E-state index contributed by atoms with van der Waals surface area (Å²) >= 11 is 0. The van der Waals surface area contributed by atoms with Gasteiger partial charge in [-0.1, -0.05) is 30.3 Å². The second-order valence-corrected chi connectivity index (χ2v) is 6.63. The fraction of sp³-hybridized carbons (Fsp3) is 0.286. The molecule has 2 aromatic carbocycles. The molecule has 2 amide bonds. The van der Waals surface area contributed by atoms with Crippen molar-refractivity contribution in [3.63, 3.8) is 0 Å². The first kappa shape index (κ1) is 18.6. The first-order valence-corrected chi connectivity index (χ1v) is 9.12. The number of amides is 2. The van der Waals surface area contributed by atoms with Gasteiger partial charge in [0.25, 0.3) is 0 Å². The summed E-state index contributed by atoms with van der Waals surface area (Å²) in [5, 5.41) is 4.10. The average Bonchev–Trinajstić information content (AvgIpc) is 2.70. The minimum absolute atomic E-state index is 0.0310. The lowest BCUT2D eigenvalue weighted by Crippen LogP contribution is -2.36. The van der Waals surface area contributed by atoms with Gasteiger partial charge < -0.3 is 10.6 Å². The van der Waals surface area contributed by atoms with E-state index in [4.69, 9.17) is 5.73 Å². The molecule has 27 heavy (non-hydrogen) atoms. The van der Waals surface area contributed by atoms with Gasteiger partial charge in [0.05, 0.1) is 5.71 Å². The number of carbonyl (C=O) groups excluding carboxylic acids is 2. The standard InChI is InChI=1S/C21H24N4O2/c1-15(16-8-10-18(22)11-9-16)23-24-20(26)12-13-21(27)25-14-4-6-17-5-2-3-7-19(17)25/h2-3,5,7-11H,4,6,12-14,22H2,1H3,(H,24,26). The van der Waals surface area contributed by atoms with Crippen LogP contribution in [0.3, 0.4) is 0 Å². The van der Waals surface area contributed by atoms with Crippen LogP contribution in [-0.2, 0) is 16.0 Å². The van der Waals surface area contributed by atoms with E-state index in [1.165, 1.54) is 5.56 Å². The number of nitrogens with two attached hydrogens (primary N) is 1. The molecule has 1 aliphatic heterocycles. The number of para-hydroxylation sites is 1. The third-order valence-electron chi connectivity index (χ3n) is 4.65. The molecular formula is C21H24N4O2. The molecule has 0 aromatic heterocycles. The quantitative estimate of drug-likeness (QED) is 0.486. The van der Waals surface area contributed by atoms with E-state index in [2.05, 4.69) is 16.6 Å². The lowest BCUT2D eigenvalue weighted by Gasteiger charge is -2.29. The minimum Gasteiger partial charge on any atom is -0.399 e. The van der Waals surface area contributed by atoms with Crippen molar-refractivity contribution < 1.29 is 9.59 Å². The normalized spacial score (nSPS) is 13.8. The molecule has 0 saturated carbocycles. The molecule has 0 unspecified atom stereocenters. The summed E-state index contributed by atoms with van der Waals surface area (Å²) in [6, 6.07) is 15.2. The number of hydrogen-bond donors (Lipinski definition) is 2. The van der Waals surface area contributed by atoms with Crippen molar-refractivity contribution >= 4 is 28.9 Å². The van der Waals surface area contributed by atoms with Crippen molar-refractivity contribution in [2.75, 3.05) is 17.2 Å². The Balaban J connectivity index is 1.53. The van der Waals surface area contributed by atoms with Crippen LogP contribution in [-0.4, -0.2) is 24.1 Å². The van der Waals surface area contributed by atoms with Crippen molar-refractivity contribution in [2.45, 2.75) is 32.6 Å². The smallest absolute Gasteiger partial charge is 0.240 e. The first-order chi connectivity index (χ1) is 13.0. The number of nitrogen functional groups attached to an aromatic ring is 1. The van der Waals surface area contributed by atoms with E-state index in [-0.39, 0.29) is 24.7 Å². The maximum absolute atomic E-state index is 12.6.